The summed E-state index contributed by atoms with van der Waals surface area (Å²) in [5, 5.41) is 0. The van der Waals surface area contributed by atoms with E-state index < -0.39 is 10.0 Å². The summed E-state index contributed by atoms with van der Waals surface area (Å²) < 4.78 is 27.8. The highest BCUT2D eigenvalue weighted by atomic mass is 79.9. The Labute approximate surface area is 123 Å². The second-order valence-corrected chi connectivity index (χ2v) is 7.64. The van der Waals surface area contributed by atoms with Crippen LogP contribution < -0.4 is 4.72 Å². The van der Waals surface area contributed by atoms with E-state index in [4.69, 9.17) is 0 Å². The van der Waals surface area contributed by atoms with Gasteiger partial charge < -0.3 is 4.90 Å². The molecule has 1 fully saturated rings. The molecule has 0 radical (unpaired) electrons. The zero-order valence-electron chi connectivity index (χ0n) is 11.2. The Morgan fingerprint density at radius 3 is 2.68 bits per heavy atom. The monoisotopic (exact) mass is 346 g/mol. The molecule has 0 atom stereocenters. The van der Waals surface area contributed by atoms with Crippen LogP contribution >= 0.6 is 15.9 Å². The van der Waals surface area contributed by atoms with Crippen LogP contribution in [0.4, 0.5) is 0 Å². The maximum Gasteiger partial charge on any atom is 0.240 e. The number of hydrogen-bond acceptors (Lipinski definition) is 3. The highest BCUT2D eigenvalue weighted by Crippen LogP contribution is 2.24. The molecule has 6 heteroatoms. The van der Waals surface area contributed by atoms with E-state index in [0.717, 1.165) is 16.6 Å². The second kappa shape index (κ2) is 5.91. The predicted octanol–water partition coefficient (Wildman–Crippen LogP) is 2.13. The van der Waals surface area contributed by atoms with Crippen molar-refractivity contribution in [1.29, 1.82) is 0 Å². The standard InChI is InChI=1S/C13H19BrN2O2S/c1-10-9-12(5-6-13(10)14)19(17,18)15-7-8-16(2)11-3-4-11/h5-6,9,11,15H,3-4,7-8H2,1-2H3. The average molecular weight is 347 g/mol. The maximum atomic E-state index is 12.1. The zero-order chi connectivity index (χ0) is 14.0. The van der Waals surface area contributed by atoms with Gasteiger partial charge in [0.05, 0.1) is 4.90 Å². The number of likely N-dealkylation sites (N-methyl/N-ethyl adjacent to an activating group) is 1. The Kier molecular flexibility index (Phi) is 4.66. The lowest BCUT2D eigenvalue weighted by atomic mass is 10.2. The molecule has 1 saturated carbocycles. The van der Waals surface area contributed by atoms with Crippen LogP contribution in [0.5, 0.6) is 0 Å². The van der Waals surface area contributed by atoms with Gasteiger partial charge in [0.25, 0.3) is 0 Å². The summed E-state index contributed by atoms with van der Waals surface area (Å²) in [7, 11) is -1.36. The van der Waals surface area contributed by atoms with Crippen LogP contribution in [-0.2, 0) is 10.0 Å². The molecular weight excluding hydrogens is 328 g/mol. The molecule has 4 nitrogen and oxygen atoms in total. The SMILES string of the molecule is Cc1cc(S(=O)(=O)NCCN(C)C2CC2)ccc1Br. The number of benzene rings is 1. The third-order valence-electron chi connectivity index (χ3n) is 3.37. The van der Waals surface area contributed by atoms with E-state index in [9.17, 15) is 8.42 Å². The fourth-order valence-corrected chi connectivity index (χ4v) is 3.27. The van der Waals surface area contributed by atoms with Crippen molar-refractivity contribution in [2.24, 2.45) is 0 Å². The number of nitrogens with one attached hydrogen (secondary N) is 1. The molecule has 106 valence electrons. The van der Waals surface area contributed by atoms with Gasteiger partial charge in [-0.15, -0.1) is 0 Å². The van der Waals surface area contributed by atoms with Crippen molar-refractivity contribution in [3.05, 3.63) is 28.2 Å². The van der Waals surface area contributed by atoms with Gasteiger partial charge in [0.15, 0.2) is 0 Å². The van der Waals surface area contributed by atoms with Crippen LogP contribution in [0, 0.1) is 6.92 Å². The maximum absolute atomic E-state index is 12.1. The number of halogens is 1. The van der Waals surface area contributed by atoms with E-state index in [1.54, 1.807) is 18.2 Å². The normalized spacial score (nSPS) is 16.0. The molecule has 19 heavy (non-hydrogen) atoms. The van der Waals surface area contributed by atoms with Gasteiger partial charge in [0.2, 0.25) is 10.0 Å². The number of rotatable bonds is 6. The number of hydrogen-bond donors (Lipinski definition) is 1. The van der Waals surface area contributed by atoms with E-state index >= 15 is 0 Å². The van der Waals surface area contributed by atoms with Crippen LogP contribution in [0.3, 0.4) is 0 Å². The summed E-state index contributed by atoms with van der Waals surface area (Å²) in [5.74, 6) is 0. The fourth-order valence-electron chi connectivity index (χ4n) is 1.92. The Morgan fingerprint density at radius 2 is 2.11 bits per heavy atom. The van der Waals surface area contributed by atoms with E-state index in [-0.39, 0.29) is 0 Å². The lowest BCUT2D eigenvalue weighted by Crippen LogP contribution is -2.34. The molecule has 1 aromatic rings. The first-order valence-electron chi connectivity index (χ1n) is 6.36. The molecule has 1 aliphatic carbocycles. The van der Waals surface area contributed by atoms with Gasteiger partial charge in [-0.25, -0.2) is 13.1 Å². The zero-order valence-corrected chi connectivity index (χ0v) is 13.6. The van der Waals surface area contributed by atoms with Gasteiger partial charge in [-0.3, -0.25) is 0 Å². The summed E-state index contributed by atoms with van der Waals surface area (Å²) in [5.41, 5.74) is 0.915. The van der Waals surface area contributed by atoms with Crippen LogP contribution in [0.2, 0.25) is 0 Å². The largest absolute Gasteiger partial charge is 0.302 e. The molecular formula is C13H19BrN2O2S. The van der Waals surface area contributed by atoms with Gasteiger partial charge in [-0.1, -0.05) is 15.9 Å². The van der Waals surface area contributed by atoms with Gasteiger partial charge in [-0.05, 0) is 50.6 Å². The van der Waals surface area contributed by atoms with Crippen molar-refractivity contribution in [3.8, 4) is 0 Å². The molecule has 0 saturated heterocycles. The van der Waals surface area contributed by atoms with E-state index in [1.807, 2.05) is 14.0 Å². The highest BCUT2D eigenvalue weighted by molar-refractivity contribution is 9.10. The number of aryl methyl sites for hydroxylation is 1. The third-order valence-corrected chi connectivity index (χ3v) is 5.71. The van der Waals surface area contributed by atoms with Crippen molar-refractivity contribution in [2.75, 3.05) is 20.1 Å². The highest BCUT2D eigenvalue weighted by Gasteiger charge is 2.25. The second-order valence-electron chi connectivity index (χ2n) is 5.02. The minimum Gasteiger partial charge on any atom is -0.302 e. The van der Waals surface area contributed by atoms with Crippen molar-refractivity contribution in [1.82, 2.24) is 9.62 Å². The van der Waals surface area contributed by atoms with Crippen molar-refractivity contribution < 1.29 is 8.42 Å². The van der Waals surface area contributed by atoms with Gasteiger partial charge >= 0.3 is 0 Å². The molecule has 0 unspecified atom stereocenters. The van der Waals surface area contributed by atoms with Gasteiger partial charge in [-0.2, -0.15) is 0 Å². The lowest BCUT2D eigenvalue weighted by molar-refractivity contribution is 0.329. The molecule has 0 spiro atoms. The molecule has 1 aromatic carbocycles. The summed E-state index contributed by atoms with van der Waals surface area (Å²) in [6, 6.07) is 5.71. The Bertz CT molecular complexity index is 556. The topological polar surface area (TPSA) is 49.4 Å². The van der Waals surface area contributed by atoms with Crippen LogP contribution in [0.25, 0.3) is 0 Å². The van der Waals surface area contributed by atoms with Gasteiger partial charge in [0.1, 0.15) is 0 Å². The Hall–Kier alpha value is -0.430. The molecule has 1 N–H and O–H groups in total. The predicted molar refractivity (Wildman–Crippen MR) is 79.7 cm³/mol. The minimum atomic E-state index is -3.40. The van der Waals surface area contributed by atoms with Crippen LogP contribution in [-0.4, -0.2) is 39.5 Å². The smallest absolute Gasteiger partial charge is 0.240 e. The summed E-state index contributed by atoms with van der Waals surface area (Å²) in [4.78, 5) is 2.53. The molecule has 2 rings (SSSR count). The Morgan fingerprint density at radius 1 is 1.42 bits per heavy atom. The quantitative estimate of drug-likeness (QED) is 0.858. The molecule has 0 bridgehead atoms. The van der Waals surface area contributed by atoms with E-state index in [0.29, 0.717) is 17.5 Å². The minimum absolute atomic E-state index is 0.322. The summed E-state index contributed by atoms with van der Waals surface area (Å²) >= 11 is 3.37. The van der Waals surface area contributed by atoms with Crippen LogP contribution in [0.1, 0.15) is 18.4 Å². The van der Waals surface area contributed by atoms with Crippen molar-refractivity contribution in [2.45, 2.75) is 30.7 Å². The Balaban J connectivity index is 1.95. The fraction of sp³-hybridized carbons (Fsp3) is 0.538. The third kappa shape index (κ3) is 4.02. The molecule has 1 aliphatic rings. The van der Waals surface area contributed by atoms with Crippen LogP contribution in [0.15, 0.2) is 27.6 Å². The van der Waals surface area contributed by atoms with E-state index in [1.165, 1.54) is 12.8 Å². The first kappa shape index (κ1) is 15.0. The molecule has 0 amide bonds. The number of sulfonamides is 1. The first-order chi connectivity index (χ1) is 8.90. The first-order valence-corrected chi connectivity index (χ1v) is 8.64. The number of nitrogens with zero attached hydrogens (tertiary/aromatic N) is 1. The average Bonchev–Trinajstić information content (AvgIpc) is 3.16. The van der Waals surface area contributed by atoms with E-state index in [2.05, 4.69) is 25.6 Å². The summed E-state index contributed by atoms with van der Waals surface area (Å²) in [6.07, 6.45) is 2.46. The van der Waals surface area contributed by atoms with Crippen molar-refractivity contribution >= 4 is 26.0 Å². The molecule has 0 heterocycles. The van der Waals surface area contributed by atoms with Crippen molar-refractivity contribution in [3.63, 3.8) is 0 Å². The molecule has 0 aromatic heterocycles. The molecule has 0 aliphatic heterocycles. The summed E-state index contributed by atoms with van der Waals surface area (Å²) in [6.45, 7) is 3.08. The van der Waals surface area contributed by atoms with Gasteiger partial charge in [0, 0.05) is 23.6 Å². The lowest BCUT2D eigenvalue weighted by Gasteiger charge is -2.16.